The molecule has 6 N–H and O–H groups in total. The van der Waals surface area contributed by atoms with Crippen LogP contribution in [0.3, 0.4) is 0 Å². The molecule has 0 saturated heterocycles. The molecule has 0 amide bonds. The summed E-state index contributed by atoms with van der Waals surface area (Å²) in [6, 6.07) is 0. The lowest BCUT2D eigenvalue weighted by atomic mass is 10.4. The molecule has 0 fully saturated rings. The summed E-state index contributed by atoms with van der Waals surface area (Å²) in [5.41, 5.74) is 10.3. The van der Waals surface area contributed by atoms with Gasteiger partial charge in [-0.15, -0.1) is 0 Å². The summed E-state index contributed by atoms with van der Waals surface area (Å²) in [6.07, 6.45) is 1.02. The van der Waals surface area contributed by atoms with E-state index < -0.39 is 5.97 Å². The first-order chi connectivity index (χ1) is 6.18. The molecule has 0 unspecified atom stereocenters. The standard InChI is InChI=1S/C4H13N3.C4H8O2/c5-1-3-7-4-2-6;1-2-3-4(5)6/h7H,1-6H2;2-3H2,1H3,(H,5,6). The highest BCUT2D eigenvalue weighted by Crippen LogP contribution is 1.82. The van der Waals surface area contributed by atoms with Crippen LogP contribution in [0.1, 0.15) is 19.8 Å². The zero-order valence-electron chi connectivity index (χ0n) is 8.25. The van der Waals surface area contributed by atoms with Crippen LogP contribution < -0.4 is 16.8 Å². The molecule has 0 aliphatic carbocycles. The first-order valence-electron chi connectivity index (χ1n) is 4.51. The fourth-order valence-corrected chi connectivity index (χ4v) is 0.543. The predicted octanol–water partition coefficient (Wildman–Crippen LogP) is -0.635. The maximum atomic E-state index is 9.60. The Labute approximate surface area is 79.5 Å². The van der Waals surface area contributed by atoms with Gasteiger partial charge in [0.15, 0.2) is 0 Å². The van der Waals surface area contributed by atoms with Gasteiger partial charge in [-0.05, 0) is 6.42 Å². The van der Waals surface area contributed by atoms with Gasteiger partial charge in [0.2, 0.25) is 0 Å². The highest BCUT2D eigenvalue weighted by molar-refractivity contribution is 5.66. The molecule has 0 aromatic rings. The fraction of sp³-hybridized carbons (Fsp3) is 0.875. The quantitative estimate of drug-likeness (QED) is 0.418. The van der Waals surface area contributed by atoms with Gasteiger partial charge >= 0.3 is 5.97 Å². The number of nitrogens with one attached hydrogen (secondary N) is 1. The summed E-state index contributed by atoms with van der Waals surface area (Å²) in [7, 11) is 0. The predicted molar refractivity (Wildman–Crippen MR) is 53.5 cm³/mol. The van der Waals surface area contributed by atoms with Gasteiger partial charge in [-0.3, -0.25) is 4.79 Å². The number of nitrogens with two attached hydrogens (primary N) is 2. The van der Waals surface area contributed by atoms with Gasteiger partial charge in [-0.25, -0.2) is 0 Å². The maximum absolute atomic E-state index is 9.60. The minimum absolute atomic E-state index is 0.292. The van der Waals surface area contributed by atoms with E-state index in [-0.39, 0.29) is 0 Å². The van der Waals surface area contributed by atoms with E-state index in [9.17, 15) is 4.79 Å². The van der Waals surface area contributed by atoms with Crippen molar-refractivity contribution in [3.8, 4) is 0 Å². The lowest BCUT2D eigenvalue weighted by molar-refractivity contribution is -0.137. The Morgan fingerprint density at radius 2 is 1.77 bits per heavy atom. The van der Waals surface area contributed by atoms with Gasteiger partial charge in [-0.1, -0.05) is 6.92 Å². The van der Waals surface area contributed by atoms with E-state index in [0.717, 1.165) is 19.5 Å². The molecular formula is C8H21N3O2. The van der Waals surface area contributed by atoms with E-state index in [2.05, 4.69) is 5.32 Å². The van der Waals surface area contributed by atoms with Crippen molar-refractivity contribution < 1.29 is 9.90 Å². The van der Waals surface area contributed by atoms with Crippen molar-refractivity contribution in [2.75, 3.05) is 26.2 Å². The van der Waals surface area contributed by atoms with E-state index in [1.165, 1.54) is 0 Å². The minimum atomic E-state index is -0.711. The van der Waals surface area contributed by atoms with E-state index in [1.807, 2.05) is 6.92 Å². The number of hydrogen-bond acceptors (Lipinski definition) is 4. The molecule has 0 aromatic carbocycles. The van der Waals surface area contributed by atoms with Crippen LogP contribution in [0.2, 0.25) is 0 Å². The van der Waals surface area contributed by atoms with Crippen molar-refractivity contribution in [2.45, 2.75) is 19.8 Å². The average Bonchev–Trinajstić information content (AvgIpc) is 2.06. The number of carboxylic acid groups (broad SMARTS) is 1. The van der Waals surface area contributed by atoms with Crippen molar-refractivity contribution in [2.24, 2.45) is 11.5 Å². The Bertz CT molecular complexity index is 106. The monoisotopic (exact) mass is 191 g/mol. The lowest BCUT2D eigenvalue weighted by Gasteiger charge is -1.95. The number of rotatable bonds is 6. The number of carboxylic acids is 1. The Hall–Kier alpha value is -0.650. The van der Waals surface area contributed by atoms with Gasteiger partial charge in [-0.2, -0.15) is 0 Å². The van der Waals surface area contributed by atoms with Crippen LogP contribution in [-0.2, 0) is 4.79 Å². The summed E-state index contributed by atoms with van der Waals surface area (Å²) in [4.78, 5) is 9.60. The molecule has 0 bridgehead atoms. The summed E-state index contributed by atoms with van der Waals surface area (Å²) < 4.78 is 0. The molecular weight excluding hydrogens is 170 g/mol. The summed E-state index contributed by atoms with van der Waals surface area (Å²) in [6.45, 7) is 4.97. The molecule has 5 heteroatoms. The Morgan fingerprint density at radius 3 is 1.92 bits per heavy atom. The largest absolute Gasteiger partial charge is 0.481 e. The van der Waals surface area contributed by atoms with Gasteiger partial charge in [0.1, 0.15) is 0 Å². The van der Waals surface area contributed by atoms with Gasteiger partial charge < -0.3 is 21.9 Å². The minimum Gasteiger partial charge on any atom is -0.481 e. The van der Waals surface area contributed by atoms with Gasteiger partial charge in [0.25, 0.3) is 0 Å². The van der Waals surface area contributed by atoms with Crippen LogP contribution in [0.25, 0.3) is 0 Å². The smallest absolute Gasteiger partial charge is 0.303 e. The average molecular weight is 191 g/mol. The maximum Gasteiger partial charge on any atom is 0.303 e. The Kier molecular flexibility index (Phi) is 15.9. The van der Waals surface area contributed by atoms with Crippen molar-refractivity contribution in [1.82, 2.24) is 5.32 Å². The van der Waals surface area contributed by atoms with E-state index in [1.54, 1.807) is 0 Å². The normalized spacial score (nSPS) is 8.85. The molecule has 80 valence electrons. The zero-order valence-corrected chi connectivity index (χ0v) is 8.25. The topological polar surface area (TPSA) is 101 Å². The SMILES string of the molecule is CCCC(=O)O.NCCNCCN. The van der Waals surface area contributed by atoms with Crippen LogP contribution in [-0.4, -0.2) is 37.3 Å². The van der Waals surface area contributed by atoms with Crippen LogP contribution in [0.5, 0.6) is 0 Å². The van der Waals surface area contributed by atoms with Crippen LogP contribution in [0.4, 0.5) is 0 Å². The highest BCUT2D eigenvalue weighted by Gasteiger charge is 1.87. The van der Waals surface area contributed by atoms with Crippen molar-refractivity contribution in [1.29, 1.82) is 0 Å². The Morgan fingerprint density at radius 1 is 1.31 bits per heavy atom. The number of aliphatic carboxylic acids is 1. The van der Waals surface area contributed by atoms with Gasteiger partial charge in [0, 0.05) is 32.6 Å². The lowest BCUT2D eigenvalue weighted by Crippen LogP contribution is -2.27. The summed E-state index contributed by atoms with van der Waals surface area (Å²) in [5, 5.41) is 10.9. The van der Waals surface area contributed by atoms with Crippen LogP contribution in [0, 0.1) is 0 Å². The third kappa shape index (κ3) is 24.6. The fourth-order valence-electron chi connectivity index (χ4n) is 0.543. The van der Waals surface area contributed by atoms with Crippen LogP contribution >= 0.6 is 0 Å². The van der Waals surface area contributed by atoms with Gasteiger partial charge in [0.05, 0.1) is 0 Å². The van der Waals surface area contributed by atoms with Crippen molar-refractivity contribution in [3.05, 3.63) is 0 Å². The molecule has 0 heterocycles. The molecule has 5 nitrogen and oxygen atoms in total. The Balaban J connectivity index is 0. The first-order valence-corrected chi connectivity index (χ1v) is 4.51. The second kappa shape index (κ2) is 13.9. The second-order valence-electron chi connectivity index (χ2n) is 2.47. The summed E-state index contributed by atoms with van der Waals surface area (Å²) in [5.74, 6) is -0.711. The van der Waals surface area contributed by atoms with Crippen molar-refractivity contribution >= 4 is 5.97 Å². The second-order valence-corrected chi connectivity index (χ2v) is 2.47. The van der Waals surface area contributed by atoms with Crippen LogP contribution in [0.15, 0.2) is 0 Å². The molecule has 0 aromatic heterocycles. The summed E-state index contributed by atoms with van der Waals surface area (Å²) >= 11 is 0. The molecule has 0 atom stereocenters. The highest BCUT2D eigenvalue weighted by atomic mass is 16.4. The molecule has 0 saturated carbocycles. The molecule has 13 heavy (non-hydrogen) atoms. The van der Waals surface area contributed by atoms with E-state index in [4.69, 9.17) is 16.6 Å². The zero-order chi connectivity index (χ0) is 10.5. The third-order valence-corrected chi connectivity index (χ3v) is 1.11. The molecule has 0 spiro atoms. The first kappa shape index (κ1) is 14.9. The van der Waals surface area contributed by atoms with E-state index >= 15 is 0 Å². The number of carbonyl (C=O) groups is 1. The third-order valence-electron chi connectivity index (χ3n) is 1.11. The van der Waals surface area contributed by atoms with Crippen molar-refractivity contribution in [3.63, 3.8) is 0 Å². The number of hydrogen-bond donors (Lipinski definition) is 4. The molecule has 0 rings (SSSR count). The molecule has 0 radical (unpaired) electrons. The van der Waals surface area contributed by atoms with E-state index in [0.29, 0.717) is 19.5 Å². The molecule has 0 aliphatic rings. The molecule has 0 aliphatic heterocycles.